The van der Waals surface area contributed by atoms with E-state index in [1.54, 1.807) is 17.4 Å². The highest BCUT2D eigenvalue weighted by molar-refractivity contribution is 7.13. The molecule has 1 aliphatic carbocycles. The predicted molar refractivity (Wildman–Crippen MR) is 270 cm³/mol. The summed E-state index contributed by atoms with van der Waals surface area (Å²) >= 11 is 1.57. The van der Waals surface area contributed by atoms with Gasteiger partial charge in [-0.2, -0.15) is 0 Å². The highest BCUT2D eigenvalue weighted by Gasteiger charge is 2.40. The number of hydrogen-bond acceptors (Lipinski definition) is 16. The van der Waals surface area contributed by atoms with Gasteiger partial charge in [0.1, 0.15) is 35.7 Å². The second-order valence-corrected chi connectivity index (χ2v) is 18.7. The molecule has 6 aromatic rings. The fourth-order valence-electron chi connectivity index (χ4n) is 8.98. The Kier molecular flexibility index (Phi) is 17.7. The van der Waals surface area contributed by atoms with E-state index in [1.165, 1.54) is 18.2 Å². The van der Waals surface area contributed by atoms with Crippen LogP contribution in [-0.4, -0.2) is 142 Å². The SMILES string of the molecule is Cc1ncsc1-c1ccc(CNC(=O)[C@@H]2C[C@@H](O)CN2C(=O)[C@H](C)NC(=O)COCCOCCOCCOCCn2ccc3c(Nc4nc(N[C@@H]5CCCC[C@@H]5N)cc5nc[nH]c(=O)c45)cccc32)cc1. The average molecular weight is 994 g/mol. The Bertz CT molecular complexity index is 2800. The molecule has 1 saturated carbocycles. The number of ether oxygens (including phenoxy) is 4. The van der Waals surface area contributed by atoms with Gasteiger partial charge in [0.05, 0.1) is 85.8 Å². The molecule has 5 atom stereocenters. The molecular formula is C50H63N11O9S. The number of rotatable bonds is 24. The molecule has 0 spiro atoms. The van der Waals surface area contributed by atoms with E-state index in [0.717, 1.165) is 64.0 Å². The van der Waals surface area contributed by atoms with Gasteiger partial charge in [0.15, 0.2) is 0 Å². The smallest absolute Gasteiger partial charge is 0.262 e. The first-order chi connectivity index (χ1) is 34.5. The second kappa shape index (κ2) is 24.7. The first-order valence-corrected chi connectivity index (χ1v) is 25.0. The standard InChI is InChI=1S/C50H63N11O9S/c1-31-46(71-30-55-31)34-12-10-33(11-13-34)26-52-48(64)42-24-35(62)27-61(42)50(66)32(2)56-44(63)28-70-23-22-69-21-20-68-19-18-67-17-16-60-15-14-36-38(8-5-9-41(36)60)58-47-45-40(53-29-54-49(45)65)25-43(59-47)57-39-7-4-3-6-37(39)51/h5,8-15,25,29-30,32,35,37,39,42,62H,3-4,6-7,16-24,26-28,51H2,1-2H3,(H,52,64)(H,56,63)(H,53,54,65)(H2,57,58,59)/t32-,35+,37-,39+,42-/m0/s1. The van der Waals surface area contributed by atoms with Crippen molar-refractivity contribution in [1.29, 1.82) is 0 Å². The number of thiazole rings is 1. The van der Waals surface area contributed by atoms with Crippen LogP contribution < -0.4 is 32.6 Å². The molecule has 0 bridgehead atoms. The molecule has 8 rings (SSSR count). The summed E-state index contributed by atoms with van der Waals surface area (Å²) in [5, 5.41) is 24.1. The third-order valence-electron chi connectivity index (χ3n) is 12.7. The summed E-state index contributed by atoms with van der Waals surface area (Å²) < 4.78 is 24.6. The van der Waals surface area contributed by atoms with Gasteiger partial charge in [-0.05, 0) is 56.0 Å². The number of β-amino-alcohol motifs (C(OH)–C–C–N with tert-alkyl or cyclic N) is 1. The predicted octanol–water partition coefficient (Wildman–Crippen LogP) is 3.98. The van der Waals surface area contributed by atoms with Crippen molar-refractivity contribution >= 4 is 68.2 Å². The summed E-state index contributed by atoms with van der Waals surface area (Å²) in [7, 11) is 0. The average Bonchev–Trinajstić information content (AvgIpc) is 4.11. The maximum atomic E-state index is 13.3. The number of carbonyl (C=O) groups is 3. The van der Waals surface area contributed by atoms with Crippen LogP contribution in [0.5, 0.6) is 0 Å². The molecule has 2 aromatic carbocycles. The number of benzene rings is 2. The Hall–Kier alpha value is -6.33. The fourth-order valence-corrected chi connectivity index (χ4v) is 9.80. The molecule has 2 aliphatic rings. The number of carbonyl (C=O) groups excluding carboxylic acids is 3. The largest absolute Gasteiger partial charge is 0.391 e. The van der Waals surface area contributed by atoms with Gasteiger partial charge in [-0.3, -0.25) is 19.2 Å². The third-order valence-corrected chi connectivity index (χ3v) is 13.7. The van der Waals surface area contributed by atoms with Crippen LogP contribution in [0.1, 0.15) is 50.3 Å². The number of aliphatic hydroxyl groups is 1. The lowest BCUT2D eigenvalue weighted by atomic mass is 9.91. The molecule has 71 heavy (non-hydrogen) atoms. The number of aliphatic hydroxyl groups excluding tert-OH is 1. The Morgan fingerprint density at radius 1 is 0.958 bits per heavy atom. The highest BCUT2D eigenvalue weighted by Crippen LogP contribution is 2.31. The van der Waals surface area contributed by atoms with Gasteiger partial charge in [0.25, 0.3) is 5.56 Å². The molecule has 21 heteroatoms. The minimum Gasteiger partial charge on any atom is -0.391 e. The Labute approximate surface area is 415 Å². The Morgan fingerprint density at radius 3 is 2.45 bits per heavy atom. The number of pyridine rings is 1. The lowest BCUT2D eigenvalue weighted by molar-refractivity contribution is -0.141. The maximum absolute atomic E-state index is 13.3. The third kappa shape index (κ3) is 13.4. The van der Waals surface area contributed by atoms with Crippen molar-refractivity contribution in [2.45, 2.75) is 89.3 Å². The minimum atomic E-state index is -0.937. The van der Waals surface area contributed by atoms with Crippen molar-refractivity contribution in [2.24, 2.45) is 5.73 Å². The molecule has 4 aromatic heterocycles. The highest BCUT2D eigenvalue weighted by atomic mass is 32.1. The van der Waals surface area contributed by atoms with E-state index in [0.29, 0.717) is 62.1 Å². The summed E-state index contributed by atoms with van der Waals surface area (Å²) in [4.78, 5) is 70.7. The number of nitrogens with one attached hydrogen (secondary N) is 5. The first kappa shape index (κ1) is 51.0. The molecule has 5 heterocycles. The lowest BCUT2D eigenvalue weighted by Crippen LogP contribution is -2.53. The van der Waals surface area contributed by atoms with E-state index >= 15 is 0 Å². The van der Waals surface area contributed by atoms with Gasteiger partial charge < -0.3 is 65.5 Å². The van der Waals surface area contributed by atoms with Crippen LogP contribution in [0.2, 0.25) is 0 Å². The molecule has 0 radical (unpaired) electrons. The quantitative estimate of drug-likeness (QED) is 0.0423. The van der Waals surface area contributed by atoms with Crippen molar-refractivity contribution in [3.05, 3.63) is 94.2 Å². The van der Waals surface area contributed by atoms with Crippen LogP contribution >= 0.6 is 11.3 Å². The molecule has 3 amide bonds. The van der Waals surface area contributed by atoms with Crippen LogP contribution in [0.3, 0.4) is 0 Å². The van der Waals surface area contributed by atoms with Gasteiger partial charge in [-0.25, -0.2) is 15.0 Å². The van der Waals surface area contributed by atoms with Crippen LogP contribution in [0.25, 0.3) is 32.2 Å². The summed E-state index contributed by atoms with van der Waals surface area (Å²) in [6.07, 6.45) is 6.77. The van der Waals surface area contributed by atoms with E-state index in [-0.39, 0.29) is 62.9 Å². The van der Waals surface area contributed by atoms with Crippen LogP contribution in [0.4, 0.5) is 17.3 Å². The number of aromatic nitrogens is 5. The molecule has 378 valence electrons. The normalized spacial score (nSPS) is 18.5. The molecule has 1 saturated heterocycles. The second-order valence-electron chi connectivity index (χ2n) is 17.8. The van der Waals surface area contributed by atoms with E-state index in [9.17, 15) is 24.3 Å². The zero-order valence-electron chi connectivity index (χ0n) is 40.1. The number of fused-ring (bicyclic) bond motifs is 2. The number of aryl methyl sites for hydroxylation is 1. The molecule has 1 aliphatic heterocycles. The number of anilines is 3. The zero-order chi connectivity index (χ0) is 49.7. The van der Waals surface area contributed by atoms with Crippen LogP contribution in [0, 0.1) is 6.92 Å². The maximum Gasteiger partial charge on any atom is 0.262 e. The number of nitrogens with two attached hydrogens (primary N) is 1. The summed E-state index contributed by atoms with van der Waals surface area (Å²) in [5.41, 5.74) is 13.2. The van der Waals surface area contributed by atoms with Gasteiger partial charge in [0, 0.05) is 61.5 Å². The monoisotopic (exact) mass is 993 g/mol. The number of aromatic amines is 1. The van der Waals surface area contributed by atoms with E-state index in [1.807, 2.05) is 67.2 Å². The zero-order valence-corrected chi connectivity index (χ0v) is 40.9. The molecule has 2 fully saturated rings. The van der Waals surface area contributed by atoms with Crippen molar-refractivity contribution in [2.75, 3.05) is 70.0 Å². The van der Waals surface area contributed by atoms with Crippen LogP contribution in [0.15, 0.2) is 77.4 Å². The summed E-state index contributed by atoms with van der Waals surface area (Å²) in [6, 6.07) is 15.9. The van der Waals surface area contributed by atoms with Gasteiger partial charge in [-0.15, -0.1) is 11.3 Å². The van der Waals surface area contributed by atoms with Gasteiger partial charge in [-0.1, -0.05) is 43.2 Å². The molecule has 0 unspecified atom stereocenters. The first-order valence-electron chi connectivity index (χ1n) is 24.1. The van der Waals surface area contributed by atoms with Crippen LogP contribution in [-0.2, 0) is 46.4 Å². The van der Waals surface area contributed by atoms with Crippen molar-refractivity contribution in [3.8, 4) is 10.4 Å². The molecule has 8 N–H and O–H groups in total. The molecule has 20 nitrogen and oxygen atoms in total. The summed E-state index contributed by atoms with van der Waals surface area (Å²) in [5.74, 6) is -0.314. The van der Waals surface area contributed by atoms with Gasteiger partial charge >= 0.3 is 0 Å². The fraction of sp³-hybridized carbons (Fsp3) is 0.460. The van der Waals surface area contributed by atoms with E-state index in [2.05, 4.69) is 40.8 Å². The van der Waals surface area contributed by atoms with Crippen molar-refractivity contribution < 1.29 is 38.4 Å². The van der Waals surface area contributed by atoms with E-state index in [4.69, 9.17) is 29.7 Å². The van der Waals surface area contributed by atoms with Crippen molar-refractivity contribution in [1.82, 2.24) is 40.0 Å². The number of nitrogens with zero attached hydrogens (tertiary/aromatic N) is 5. The Balaban J connectivity index is 0.679. The number of H-pyrrole nitrogens is 1. The number of amides is 3. The minimum absolute atomic E-state index is 0.00893. The van der Waals surface area contributed by atoms with Crippen molar-refractivity contribution in [3.63, 3.8) is 0 Å². The topological polar surface area (TPSA) is 262 Å². The van der Waals surface area contributed by atoms with Gasteiger partial charge in [0.2, 0.25) is 17.7 Å². The number of hydrogen-bond donors (Lipinski definition) is 7. The summed E-state index contributed by atoms with van der Waals surface area (Å²) in [6.45, 7) is 6.42. The number of likely N-dealkylation sites (tertiary alicyclic amines) is 1. The Morgan fingerprint density at radius 2 is 1.70 bits per heavy atom. The lowest BCUT2D eigenvalue weighted by Gasteiger charge is -2.29. The molecular weight excluding hydrogens is 931 g/mol. The van der Waals surface area contributed by atoms with E-state index < -0.39 is 30.0 Å².